The first-order valence-corrected chi connectivity index (χ1v) is 4.48. The molecule has 0 aliphatic carbocycles. The van der Waals surface area contributed by atoms with E-state index >= 15 is 0 Å². The molecule has 0 saturated carbocycles. The Morgan fingerprint density at radius 2 is 2.07 bits per heavy atom. The van der Waals surface area contributed by atoms with Crippen LogP contribution in [-0.2, 0) is 0 Å². The van der Waals surface area contributed by atoms with E-state index in [-0.39, 0.29) is 11.2 Å². The molecule has 1 N–H and O–H groups in total. The maximum absolute atomic E-state index is 11.4. The highest BCUT2D eigenvalue weighted by molar-refractivity contribution is 5.25. The lowest BCUT2D eigenvalue weighted by Gasteiger charge is -2.17. The molecule has 0 amide bonds. The Kier molecular flexibility index (Phi) is 3.21. The van der Waals surface area contributed by atoms with Crippen molar-refractivity contribution < 1.29 is 10.0 Å². The Bertz CT molecular complexity index is 424. The Hall–Kier alpha value is -1.69. The Morgan fingerprint density at radius 3 is 2.53 bits per heavy atom. The third kappa shape index (κ3) is 2.41. The minimum Gasteiger partial charge on any atom is -0.391 e. The van der Waals surface area contributed by atoms with Crippen LogP contribution in [0, 0.1) is 10.1 Å². The van der Waals surface area contributed by atoms with E-state index in [2.05, 4.69) is 0 Å². The van der Waals surface area contributed by atoms with Crippen LogP contribution in [0.3, 0.4) is 0 Å². The van der Waals surface area contributed by atoms with Crippen molar-refractivity contribution in [3.05, 3.63) is 38.8 Å². The molecule has 1 rings (SSSR count). The van der Waals surface area contributed by atoms with Gasteiger partial charge < -0.3 is 9.67 Å². The van der Waals surface area contributed by atoms with E-state index in [1.807, 2.05) is 0 Å². The maximum Gasteiger partial charge on any atom is 0.285 e. The number of aliphatic hydroxyl groups is 1. The third-order valence-electron chi connectivity index (χ3n) is 2.27. The maximum atomic E-state index is 11.4. The molecule has 0 saturated heterocycles. The van der Waals surface area contributed by atoms with Crippen LogP contribution in [0.5, 0.6) is 0 Å². The molecule has 0 radical (unpaired) electrons. The average Bonchev–Trinajstić information content (AvgIpc) is 2.16. The van der Waals surface area contributed by atoms with Crippen molar-refractivity contribution in [3.8, 4) is 0 Å². The summed E-state index contributed by atoms with van der Waals surface area (Å²) in [5.41, 5.74) is -0.531. The molecule has 0 bridgehead atoms. The first-order valence-electron chi connectivity index (χ1n) is 4.48. The van der Waals surface area contributed by atoms with Crippen LogP contribution < -0.4 is 5.56 Å². The van der Waals surface area contributed by atoms with Crippen molar-refractivity contribution in [1.29, 1.82) is 0 Å². The highest BCUT2D eigenvalue weighted by Gasteiger charge is 2.15. The molecule has 0 fully saturated rings. The lowest BCUT2D eigenvalue weighted by atomic mass is 10.2. The van der Waals surface area contributed by atoms with Gasteiger partial charge in [-0.3, -0.25) is 14.9 Å². The second kappa shape index (κ2) is 4.22. The molecule has 15 heavy (non-hydrogen) atoms. The molecule has 6 heteroatoms. The monoisotopic (exact) mass is 212 g/mol. The highest BCUT2D eigenvalue weighted by Crippen LogP contribution is 2.13. The van der Waals surface area contributed by atoms with Gasteiger partial charge in [0.05, 0.1) is 23.3 Å². The predicted octanol–water partition coefficient (Wildman–Crippen LogP) is 0.698. The number of pyridine rings is 1. The van der Waals surface area contributed by atoms with Gasteiger partial charge in [-0.25, -0.2) is 0 Å². The number of aliphatic hydroxyl groups excluding tert-OH is 1. The van der Waals surface area contributed by atoms with E-state index in [0.717, 1.165) is 22.9 Å². The fourth-order valence-electron chi connectivity index (χ4n) is 1.15. The molecule has 2 atom stereocenters. The number of nitrogens with zero attached hydrogens (tertiary/aromatic N) is 2. The summed E-state index contributed by atoms with van der Waals surface area (Å²) in [5, 5.41) is 19.8. The third-order valence-corrected chi connectivity index (χ3v) is 2.27. The van der Waals surface area contributed by atoms with Crippen LogP contribution in [0.15, 0.2) is 23.1 Å². The lowest BCUT2D eigenvalue weighted by Crippen LogP contribution is -2.28. The van der Waals surface area contributed by atoms with Crippen LogP contribution in [0.1, 0.15) is 19.9 Å². The molecule has 0 aromatic carbocycles. The molecule has 1 aromatic rings. The normalized spacial score (nSPS) is 14.6. The molecule has 0 aliphatic rings. The van der Waals surface area contributed by atoms with Gasteiger partial charge in [0.1, 0.15) is 0 Å². The smallest absolute Gasteiger partial charge is 0.285 e. The van der Waals surface area contributed by atoms with Crippen molar-refractivity contribution >= 4 is 5.69 Å². The molecule has 6 nitrogen and oxygen atoms in total. The predicted molar refractivity (Wildman–Crippen MR) is 53.7 cm³/mol. The number of aromatic nitrogens is 1. The standard InChI is InChI=1S/C9H12N2O4/c1-6(7(2)12)10-5-8(11(14)15)3-4-9(10)13/h3-7,12H,1-2H3. The molecular formula is C9H12N2O4. The summed E-state index contributed by atoms with van der Waals surface area (Å²) in [7, 11) is 0. The van der Waals surface area contributed by atoms with Gasteiger partial charge in [0.15, 0.2) is 0 Å². The molecule has 0 spiro atoms. The van der Waals surface area contributed by atoms with Crippen molar-refractivity contribution in [3.63, 3.8) is 0 Å². The van der Waals surface area contributed by atoms with Crippen LogP contribution in [0.2, 0.25) is 0 Å². The number of hydrogen-bond donors (Lipinski definition) is 1. The zero-order valence-corrected chi connectivity index (χ0v) is 8.45. The van der Waals surface area contributed by atoms with Crippen LogP contribution in [0.4, 0.5) is 5.69 Å². The van der Waals surface area contributed by atoms with Crippen molar-refractivity contribution in [2.24, 2.45) is 0 Å². The fourth-order valence-corrected chi connectivity index (χ4v) is 1.15. The van der Waals surface area contributed by atoms with E-state index in [0.29, 0.717) is 0 Å². The zero-order chi connectivity index (χ0) is 11.6. The van der Waals surface area contributed by atoms with E-state index in [4.69, 9.17) is 0 Å². The van der Waals surface area contributed by atoms with Gasteiger partial charge in [0, 0.05) is 12.1 Å². The topological polar surface area (TPSA) is 85.4 Å². The molecule has 1 aromatic heterocycles. The largest absolute Gasteiger partial charge is 0.391 e. The van der Waals surface area contributed by atoms with Gasteiger partial charge in [0.25, 0.3) is 11.2 Å². The second-order valence-electron chi connectivity index (χ2n) is 3.37. The number of nitro groups is 1. The number of hydrogen-bond acceptors (Lipinski definition) is 4. The van der Waals surface area contributed by atoms with E-state index in [1.165, 1.54) is 6.92 Å². The van der Waals surface area contributed by atoms with Crippen LogP contribution in [0.25, 0.3) is 0 Å². The first-order chi connectivity index (χ1) is 6.93. The summed E-state index contributed by atoms with van der Waals surface area (Å²) in [6.45, 7) is 3.14. The van der Waals surface area contributed by atoms with Gasteiger partial charge in [-0.05, 0) is 13.8 Å². The highest BCUT2D eigenvalue weighted by atomic mass is 16.6. The van der Waals surface area contributed by atoms with Gasteiger partial charge in [-0.1, -0.05) is 0 Å². The fraction of sp³-hybridized carbons (Fsp3) is 0.444. The Balaban J connectivity index is 3.22. The molecule has 82 valence electrons. The summed E-state index contributed by atoms with van der Waals surface area (Å²) in [6, 6.07) is 1.78. The minimum atomic E-state index is -0.746. The number of rotatable bonds is 3. The minimum absolute atomic E-state index is 0.165. The summed E-state index contributed by atoms with van der Waals surface area (Å²) in [6.07, 6.45) is 0.393. The zero-order valence-electron chi connectivity index (χ0n) is 8.45. The summed E-state index contributed by atoms with van der Waals surface area (Å²) < 4.78 is 1.16. The first kappa shape index (κ1) is 11.4. The molecule has 2 unspecified atom stereocenters. The van der Waals surface area contributed by atoms with E-state index in [9.17, 15) is 20.0 Å². The van der Waals surface area contributed by atoms with Gasteiger partial charge in [-0.15, -0.1) is 0 Å². The van der Waals surface area contributed by atoms with Crippen LogP contribution in [-0.4, -0.2) is 20.7 Å². The molecular weight excluding hydrogens is 200 g/mol. The molecule has 0 aliphatic heterocycles. The van der Waals surface area contributed by atoms with Crippen LogP contribution >= 0.6 is 0 Å². The summed E-state index contributed by atoms with van der Waals surface area (Å²) >= 11 is 0. The Labute approximate surface area is 85.9 Å². The van der Waals surface area contributed by atoms with Gasteiger partial charge in [-0.2, -0.15) is 0 Å². The summed E-state index contributed by atoms with van der Waals surface area (Å²) in [5.74, 6) is 0. The van der Waals surface area contributed by atoms with Gasteiger partial charge in [0.2, 0.25) is 0 Å². The average molecular weight is 212 g/mol. The Morgan fingerprint density at radius 1 is 1.47 bits per heavy atom. The summed E-state index contributed by atoms with van der Waals surface area (Å²) in [4.78, 5) is 21.3. The molecule has 1 heterocycles. The lowest BCUT2D eigenvalue weighted by molar-refractivity contribution is -0.385. The quantitative estimate of drug-likeness (QED) is 0.590. The SMILES string of the molecule is CC(O)C(C)n1cc([N+](=O)[O-])ccc1=O. The van der Waals surface area contributed by atoms with Crippen molar-refractivity contribution in [2.45, 2.75) is 26.0 Å². The van der Waals surface area contributed by atoms with E-state index < -0.39 is 17.1 Å². The van der Waals surface area contributed by atoms with Gasteiger partial charge >= 0.3 is 0 Å². The van der Waals surface area contributed by atoms with E-state index in [1.54, 1.807) is 6.92 Å². The van der Waals surface area contributed by atoms with Crippen molar-refractivity contribution in [1.82, 2.24) is 4.57 Å². The second-order valence-corrected chi connectivity index (χ2v) is 3.37. The van der Waals surface area contributed by atoms with Crippen molar-refractivity contribution in [2.75, 3.05) is 0 Å².